The van der Waals surface area contributed by atoms with Gasteiger partial charge in [-0.2, -0.15) is 0 Å². The summed E-state index contributed by atoms with van der Waals surface area (Å²) < 4.78 is 0. The second-order valence-corrected chi connectivity index (χ2v) is 7.28. The van der Waals surface area contributed by atoms with Crippen molar-refractivity contribution in [1.82, 2.24) is 10.6 Å². The van der Waals surface area contributed by atoms with Gasteiger partial charge in [-0.3, -0.25) is 0 Å². The maximum Gasteiger partial charge on any atom is 0.315 e. The van der Waals surface area contributed by atoms with Crippen LogP contribution in [-0.2, 0) is 6.42 Å². The fraction of sp³-hybridized carbons (Fsp3) is 0.611. The van der Waals surface area contributed by atoms with Crippen LogP contribution in [0, 0.1) is 17.8 Å². The molecule has 4 unspecified atom stereocenters. The molecule has 1 aromatic carbocycles. The first-order chi connectivity index (χ1) is 10.6. The van der Waals surface area contributed by atoms with E-state index in [1.54, 1.807) is 0 Å². The third-order valence-electron chi connectivity index (χ3n) is 5.43. The molecule has 4 heteroatoms. The van der Waals surface area contributed by atoms with Gasteiger partial charge in [-0.1, -0.05) is 36.2 Å². The van der Waals surface area contributed by atoms with Crippen LogP contribution in [0.1, 0.15) is 38.2 Å². The molecule has 2 amide bonds. The molecule has 3 rings (SSSR count). The summed E-state index contributed by atoms with van der Waals surface area (Å²) in [5, 5.41) is 6.84. The number of amides is 2. The normalized spacial score (nSPS) is 27.6. The summed E-state index contributed by atoms with van der Waals surface area (Å²) in [5.74, 6) is 2.43. The molecular weight excluding hydrogens is 296 g/mol. The molecule has 2 aliphatic rings. The highest BCUT2D eigenvalue weighted by Crippen LogP contribution is 2.49. The zero-order valence-corrected chi connectivity index (χ0v) is 13.9. The second kappa shape index (κ2) is 6.91. The van der Waals surface area contributed by atoms with Crippen molar-refractivity contribution < 1.29 is 4.79 Å². The molecule has 3 nitrogen and oxygen atoms in total. The summed E-state index contributed by atoms with van der Waals surface area (Å²) in [5.41, 5.74) is 1.07. The Morgan fingerprint density at radius 1 is 1.32 bits per heavy atom. The van der Waals surface area contributed by atoms with E-state index in [9.17, 15) is 4.79 Å². The maximum absolute atomic E-state index is 12.0. The van der Waals surface area contributed by atoms with Crippen molar-refractivity contribution in [2.75, 3.05) is 6.54 Å². The van der Waals surface area contributed by atoms with Gasteiger partial charge >= 0.3 is 6.03 Å². The average Bonchev–Trinajstić information content (AvgIpc) is 3.12. The molecule has 1 aromatic rings. The highest BCUT2D eigenvalue weighted by molar-refractivity contribution is 6.31. The lowest BCUT2D eigenvalue weighted by Crippen LogP contribution is -2.45. The van der Waals surface area contributed by atoms with Gasteiger partial charge in [0.05, 0.1) is 0 Å². The molecular formula is C18H25ClN2O. The van der Waals surface area contributed by atoms with Crippen LogP contribution in [0.4, 0.5) is 4.79 Å². The number of hydrogen-bond acceptors (Lipinski definition) is 1. The number of rotatable bonds is 5. The van der Waals surface area contributed by atoms with E-state index in [1.807, 2.05) is 24.3 Å². The van der Waals surface area contributed by atoms with Gasteiger partial charge in [0.1, 0.15) is 0 Å². The average molecular weight is 321 g/mol. The van der Waals surface area contributed by atoms with Crippen LogP contribution in [0.3, 0.4) is 0 Å². The number of nitrogens with one attached hydrogen (secondary N) is 2. The Morgan fingerprint density at radius 3 is 2.82 bits per heavy atom. The number of carbonyl (C=O) groups is 1. The van der Waals surface area contributed by atoms with Crippen molar-refractivity contribution in [2.45, 2.75) is 45.1 Å². The molecule has 2 bridgehead atoms. The van der Waals surface area contributed by atoms with Gasteiger partial charge < -0.3 is 10.6 Å². The first-order valence-corrected chi connectivity index (χ1v) is 8.79. The molecule has 4 atom stereocenters. The molecule has 0 saturated heterocycles. The van der Waals surface area contributed by atoms with Crippen molar-refractivity contribution in [2.24, 2.45) is 17.8 Å². The summed E-state index contributed by atoms with van der Waals surface area (Å²) >= 11 is 6.12. The second-order valence-electron chi connectivity index (χ2n) is 6.87. The Bertz CT molecular complexity index is 534. The van der Waals surface area contributed by atoms with Gasteiger partial charge in [0, 0.05) is 17.6 Å². The van der Waals surface area contributed by atoms with Crippen LogP contribution in [0.5, 0.6) is 0 Å². The smallest absolute Gasteiger partial charge is 0.315 e. The number of hydrogen-bond donors (Lipinski definition) is 2. The zero-order valence-electron chi connectivity index (χ0n) is 13.1. The molecule has 2 saturated carbocycles. The lowest BCUT2D eigenvalue weighted by atomic mass is 9.84. The van der Waals surface area contributed by atoms with Gasteiger partial charge in [0.2, 0.25) is 0 Å². The number of urea groups is 1. The van der Waals surface area contributed by atoms with Gasteiger partial charge in [-0.15, -0.1) is 0 Å². The fourth-order valence-electron chi connectivity index (χ4n) is 4.28. The van der Waals surface area contributed by atoms with Gasteiger partial charge in [0.15, 0.2) is 0 Å². The first-order valence-electron chi connectivity index (χ1n) is 8.41. The lowest BCUT2D eigenvalue weighted by molar-refractivity contribution is 0.220. The summed E-state index contributed by atoms with van der Waals surface area (Å²) in [6.45, 7) is 2.76. The number of halogens is 1. The van der Waals surface area contributed by atoms with E-state index in [2.05, 4.69) is 17.6 Å². The third kappa shape index (κ3) is 3.57. The van der Waals surface area contributed by atoms with E-state index in [0.717, 1.165) is 28.8 Å². The molecule has 0 heterocycles. The van der Waals surface area contributed by atoms with Gasteiger partial charge in [-0.25, -0.2) is 4.79 Å². The van der Waals surface area contributed by atoms with E-state index in [-0.39, 0.29) is 12.1 Å². The maximum atomic E-state index is 12.0. The van der Waals surface area contributed by atoms with Crippen LogP contribution in [0.2, 0.25) is 5.02 Å². The minimum atomic E-state index is -0.0534. The van der Waals surface area contributed by atoms with Crippen molar-refractivity contribution in [3.05, 3.63) is 34.9 Å². The van der Waals surface area contributed by atoms with E-state index in [1.165, 1.54) is 25.7 Å². The largest absolute Gasteiger partial charge is 0.338 e. The standard InChI is InChI=1S/C18H25ClN2O/c1-12(16-11-13-6-7-15(16)10-13)21-18(22)20-9-8-14-4-2-3-5-17(14)19/h2-5,12-13,15-16H,6-11H2,1H3,(H2,20,21,22). The molecule has 0 radical (unpaired) electrons. The van der Waals surface area contributed by atoms with Gasteiger partial charge in [0.25, 0.3) is 0 Å². The van der Waals surface area contributed by atoms with E-state index < -0.39 is 0 Å². The Labute approximate surface area is 137 Å². The summed E-state index contributed by atoms with van der Waals surface area (Å²) in [6.07, 6.45) is 6.19. The summed E-state index contributed by atoms with van der Waals surface area (Å²) in [6, 6.07) is 7.99. The van der Waals surface area contributed by atoms with Crippen molar-refractivity contribution >= 4 is 17.6 Å². The van der Waals surface area contributed by atoms with Gasteiger partial charge in [-0.05, 0) is 62.0 Å². The Hall–Kier alpha value is -1.22. The van der Waals surface area contributed by atoms with Crippen LogP contribution in [0.25, 0.3) is 0 Å². The molecule has 120 valence electrons. The fourth-order valence-corrected chi connectivity index (χ4v) is 4.51. The zero-order chi connectivity index (χ0) is 15.5. The lowest BCUT2D eigenvalue weighted by Gasteiger charge is -2.28. The van der Waals surface area contributed by atoms with E-state index in [4.69, 9.17) is 11.6 Å². The van der Waals surface area contributed by atoms with E-state index >= 15 is 0 Å². The number of benzene rings is 1. The number of fused-ring (bicyclic) bond motifs is 2. The minimum Gasteiger partial charge on any atom is -0.338 e. The highest BCUT2D eigenvalue weighted by atomic mass is 35.5. The minimum absolute atomic E-state index is 0.0534. The van der Waals surface area contributed by atoms with Crippen LogP contribution < -0.4 is 10.6 Å². The predicted molar refractivity (Wildman–Crippen MR) is 90.1 cm³/mol. The summed E-state index contributed by atoms with van der Waals surface area (Å²) in [4.78, 5) is 12.0. The summed E-state index contributed by atoms with van der Waals surface area (Å²) in [7, 11) is 0. The molecule has 22 heavy (non-hydrogen) atoms. The topological polar surface area (TPSA) is 41.1 Å². The Balaban J connectivity index is 1.40. The van der Waals surface area contributed by atoms with Crippen LogP contribution in [-0.4, -0.2) is 18.6 Å². The monoisotopic (exact) mass is 320 g/mol. The highest BCUT2D eigenvalue weighted by Gasteiger charge is 2.42. The van der Waals surface area contributed by atoms with Crippen molar-refractivity contribution in [3.8, 4) is 0 Å². The SMILES string of the molecule is CC(NC(=O)NCCc1ccccc1Cl)C1CC2CCC1C2. The van der Waals surface area contributed by atoms with E-state index in [0.29, 0.717) is 12.5 Å². The molecule has 2 N–H and O–H groups in total. The molecule has 2 aliphatic carbocycles. The molecule has 0 aliphatic heterocycles. The van der Waals surface area contributed by atoms with Crippen molar-refractivity contribution in [3.63, 3.8) is 0 Å². The number of carbonyl (C=O) groups excluding carboxylic acids is 1. The Morgan fingerprint density at radius 2 is 2.14 bits per heavy atom. The molecule has 2 fully saturated rings. The quantitative estimate of drug-likeness (QED) is 0.845. The first kappa shape index (κ1) is 15.7. The molecule has 0 spiro atoms. The van der Waals surface area contributed by atoms with Crippen LogP contribution >= 0.6 is 11.6 Å². The molecule has 0 aromatic heterocycles. The predicted octanol–water partition coefficient (Wildman–Crippen LogP) is 4.01. The van der Waals surface area contributed by atoms with Crippen molar-refractivity contribution in [1.29, 1.82) is 0 Å². The Kier molecular flexibility index (Phi) is 4.92. The third-order valence-corrected chi connectivity index (χ3v) is 5.80. The van der Waals surface area contributed by atoms with Crippen LogP contribution in [0.15, 0.2) is 24.3 Å².